The second-order valence-corrected chi connectivity index (χ2v) is 6.60. The average Bonchev–Trinajstić information content (AvgIpc) is 2.70. The van der Waals surface area contributed by atoms with Crippen LogP contribution in [0.15, 0.2) is 65.5 Å². The van der Waals surface area contributed by atoms with E-state index >= 15 is 0 Å². The number of hydrogen-bond donors (Lipinski definition) is 1. The number of carbonyl (C=O) groups is 1. The lowest BCUT2D eigenvalue weighted by Crippen LogP contribution is -2.26. The van der Waals surface area contributed by atoms with Crippen LogP contribution in [0.25, 0.3) is 0 Å². The van der Waals surface area contributed by atoms with Crippen LogP contribution in [0.4, 0.5) is 10.1 Å². The van der Waals surface area contributed by atoms with Gasteiger partial charge in [0.15, 0.2) is 0 Å². The van der Waals surface area contributed by atoms with Gasteiger partial charge in [-0.05, 0) is 54.3 Å². The lowest BCUT2D eigenvalue weighted by atomic mass is 10.1. The van der Waals surface area contributed by atoms with E-state index in [0.29, 0.717) is 5.69 Å². The number of hydrogen-bond acceptors (Lipinski definition) is 3. The van der Waals surface area contributed by atoms with E-state index < -0.39 is 5.91 Å². The van der Waals surface area contributed by atoms with Gasteiger partial charge in [-0.3, -0.25) is 9.59 Å². The number of unbranched alkanes of at least 4 members (excludes halogenated alkanes) is 1. The molecule has 1 heterocycles. The van der Waals surface area contributed by atoms with E-state index in [1.807, 2.05) is 24.3 Å². The van der Waals surface area contributed by atoms with Crippen molar-refractivity contribution in [2.24, 2.45) is 0 Å². The van der Waals surface area contributed by atoms with Gasteiger partial charge in [0.1, 0.15) is 11.5 Å². The van der Waals surface area contributed by atoms with Crippen LogP contribution >= 0.6 is 0 Å². The molecule has 1 N–H and O–H groups in total. The summed E-state index contributed by atoms with van der Waals surface area (Å²) in [5.41, 5.74) is 2.42. The molecule has 0 saturated carbocycles. The van der Waals surface area contributed by atoms with Crippen molar-refractivity contribution >= 4 is 11.6 Å². The zero-order valence-electron chi connectivity index (χ0n) is 15.7. The molecule has 6 heteroatoms. The summed E-state index contributed by atoms with van der Waals surface area (Å²) in [7, 11) is 0. The van der Waals surface area contributed by atoms with Gasteiger partial charge in [0.05, 0.1) is 6.54 Å². The van der Waals surface area contributed by atoms with Gasteiger partial charge in [0.25, 0.3) is 11.5 Å². The summed E-state index contributed by atoms with van der Waals surface area (Å²) < 4.78 is 14.2. The molecule has 1 amide bonds. The standard InChI is InChI=1S/C22H22FN3O2/c1-2-3-4-16-7-11-19(12-8-16)24-22(28)20-13-14-21(27)26(25-20)15-17-5-9-18(23)10-6-17/h5-14H,2-4,15H2,1H3,(H,24,28). The second-order valence-electron chi connectivity index (χ2n) is 6.60. The minimum atomic E-state index is -0.394. The number of halogens is 1. The minimum Gasteiger partial charge on any atom is -0.321 e. The molecule has 0 radical (unpaired) electrons. The molecule has 0 aliphatic rings. The molecule has 0 unspecified atom stereocenters. The Morgan fingerprint density at radius 3 is 2.36 bits per heavy atom. The Hall–Kier alpha value is -3.28. The third kappa shape index (κ3) is 5.13. The second kappa shape index (κ2) is 9.08. The maximum atomic E-state index is 13.0. The zero-order valence-corrected chi connectivity index (χ0v) is 15.7. The van der Waals surface area contributed by atoms with E-state index in [2.05, 4.69) is 17.3 Å². The number of anilines is 1. The molecule has 0 atom stereocenters. The molecule has 0 spiro atoms. The minimum absolute atomic E-state index is 0.136. The summed E-state index contributed by atoms with van der Waals surface area (Å²) in [5.74, 6) is -0.743. The SMILES string of the molecule is CCCCc1ccc(NC(=O)c2ccc(=O)n(Cc3ccc(F)cc3)n2)cc1. The molecule has 0 fully saturated rings. The van der Waals surface area contributed by atoms with Crippen LogP contribution in [0.3, 0.4) is 0 Å². The van der Waals surface area contributed by atoms with Gasteiger partial charge < -0.3 is 5.32 Å². The van der Waals surface area contributed by atoms with Crippen LogP contribution in [0.1, 0.15) is 41.4 Å². The molecule has 0 saturated heterocycles. The third-order valence-electron chi connectivity index (χ3n) is 4.38. The van der Waals surface area contributed by atoms with Crippen LogP contribution in [-0.4, -0.2) is 15.7 Å². The number of nitrogens with zero attached hydrogens (tertiary/aromatic N) is 2. The number of rotatable bonds is 7. The highest BCUT2D eigenvalue weighted by Gasteiger charge is 2.10. The Bertz CT molecular complexity index is 996. The molecule has 5 nitrogen and oxygen atoms in total. The quantitative estimate of drug-likeness (QED) is 0.674. The van der Waals surface area contributed by atoms with E-state index in [1.165, 1.54) is 34.5 Å². The van der Waals surface area contributed by atoms with Gasteiger partial charge in [0.2, 0.25) is 0 Å². The van der Waals surface area contributed by atoms with Crippen molar-refractivity contribution in [1.82, 2.24) is 9.78 Å². The van der Waals surface area contributed by atoms with Crippen molar-refractivity contribution in [1.29, 1.82) is 0 Å². The van der Waals surface area contributed by atoms with Crippen molar-refractivity contribution in [3.8, 4) is 0 Å². The first kappa shape index (κ1) is 19.5. The summed E-state index contributed by atoms with van der Waals surface area (Å²) >= 11 is 0. The topological polar surface area (TPSA) is 64.0 Å². The van der Waals surface area contributed by atoms with Crippen molar-refractivity contribution in [3.63, 3.8) is 0 Å². The van der Waals surface area contributed by atoms with Crippen molar-refractivity contribution in [3.05, 3.63) is 93.7 Å². The molecular formula is C22H22FN3O2. The summed E-state index contributed by atoms with van der Waals surface area (Å²) in [6.45, 7) is 2.31. The van der Waals surface area contributed by atoms with E-state index in [0.717, 1.165) is 24.8 Å². The molecule has 3 aromatic rings. The summed E-state index contributed by atoms with van der Waals surface area (Å²) in [6.07, 6.45) is 3.28. The number of aryl methyl sites for hydroxylation is 1. The molecule has 3 rings (SSSR count). The van der Waals surface area contributed by atoms with Gasteiger partial charge in [-0.2, -0.15) is 5.10 Å². The van der Waals surface area contributed by atoms with Crippen molar-refractivity contribution < 1.29 is 9.18 Å². The molecule has 0 bridgehead atoms. The fraction of sp³-hybridized carbons (Fsp3) is 0.227. The normalized spacial score (nSPS) is 10.6. The lowest BCUT2D eigenvalue weighted by molar-refractivity contribution is 0.102. The Labute approximate surface area is 162 Å². The van der Waals surface area contributed by atoms with E-state index in [1.54, 1.807) is 12.1 Å². The Balaban J connectivity index is 1.71. The van der Waals surface area contributed by atoms with E-state index in [-0.39, 0.29) is 23.6 Å². The molecule has 28 heavy (non-hydrogen) atoms. The maximum Gasteiger partial charge on any atom is 0.276 e. The largest absolute Gasteiger partial charge is 0.321 e. The third-order valence-corrected chi connectivity index (χ3v) is 4.38. The van der Waals surface area contributed by atoms with Crippen LogP contribution in [-0.2, 0) is 13.0 Å². The number of nitrogens with one attached hydrogen (secondary N) is 1. The number of carbonyl (C=O) groups excluding carboxylic acids is 1. The van der Waals surface area contributed by atoms with Crippen molar-refractivity contribution in [2.45, 2.75) is 32.7 Å². The monoisotopic (exact) mass is 379 g/mol. The summed E-state index contributed by atoms with van der Waals surface area (Å²) in [5, 5.41) is 6.94. The highest BCUT2D eigenvalue weighted by atomic mass is 19.1. The Morgan fingerprint density at radius 2 is 1.68 bits per heavy atom. The predicted octanol–water partition coefficient (Wildman–Crippen LogP) is 4.03. The van der Waals surface area contributed by atoms with Gasteiger partial charge in [0, 0.05) is 11.8 Å². The highest BCUT2D eigenvalue weighted by Crippen LogP contribution is 2.13. The summed E-state index contributed by atoms with van der Waals surface area (Å²) in [6, 6.07) is 16.2. The molecular weight excluding hydrogens is 357 g/mol. The lowest BCUT2D eigenvalue weighted by Gasteiger charge is -2.09. The van der Waals surface area contributed by atoms with Crippen LogP contribution in [0, 0.1) is 5.82 Å². The molecule has 0 aliphatic carbocycles. The smallest absolute Gasteiger partial charge is 0.276 e. The van der Waals surface area contributed by atoms with Gasteiger partial charge in [-0.1, -0.05) is 37.6 Å². The zero-order chi connectivity index (χ0) is 19.9. The van der Waals surface area contributed by atoms with Crippen LogP contribution in [0.5, 0.6) is 0 Å². The maximum absolute atomic E-state index is 13.0. The molecule has 1 aromatic heterocycles. The Morgan fingerprint density at radius 1 is 1.00 bits per heavy atom. The number of benzene rings is 2. The van der Waals surface area contributed by atoms with Crippen molar-refractivity contribution in [2.75, 3.05) is 5.32 Å². The molecule has 144 valence electrons. The first-order valence-corrected chi connectivity index (χ1v) is 9.28. The predicted molar refractivity (Wildman–Crippen MR) is 107 cm³/mol. The first-order valence-electron chi connectivity index (χ1n) is 9.28. The number of aromatic nitrogens is 2. The number of amides is 1. The van der Waals surface area contributed by atoms with Crippen LogP contribution in [0.2, 0.25) is 0 Å². The van der Waals surface area contributed by atoms with Gasteiger partial charge >= 0.3 is 0 Å². The highest BCUT2D eigenvalue weighted by molar-refractivity contribution is 6.02. The fourth-order valence-corrected chi connectivity index (χ4v) is 2.78. The summed E-state index contributed by atoms with van der Waals surface area (Å²) in [4.78, 5) is 24.5. The average molecular weight is 379 g/mol. The van der Waals surface area contributed by atoms with E-state index in [9.17, 15) is 14.0 Å². The molecule has 0 aliphatic heterocycles. The molecule has 2 aromatic carbocycles. The van der Waals surface area contributed by atoms with Gasteiger partial charge in [-0.15, -0.1) is 0 Å². The fourth-order valence-electron chi connectivity index (χ4n) is 2.78. The van der Waals surface area contributed by atoms with Gasteiger partial charge in [-0.25, -0.2) is 9.07 Å². The van der Waals surface area contributed by atoms with E-state index in [4.69, 9.17) is 0 Å². The van der Waals surface area contributed by atoms with Crippen LogP contribution < -0.4 is 10.9 Å². The first-order chi connectivity index (χ1) is 13.5. The Kier molecular flexibility index (Phi) is 6.32.